The summed E-state index contributed by atoms with van der Waals surface area (Å²) in [5.41, 5.74) is 1.08. The molecular formula is C14H18BrClO2. The highest BCUT2D eigenvalue weighted by atomic mass is 79.9. The van der Waals surface area contributed by atoms with Gasteiger partial charge in [-0.1, -0.05) is 46.8 Å². The second-order valence-electron chi connectivity index (χ2n) is 4.73. The van der Waals surface area contributed by atoms with Crippen molar-refractivity contribution in [3.8, 4) is 11.5 Å². The number of ether oxygens (including phenoxy) is 2. The maximum absolute atomic E-state index is 6.31. The monoisotopic (exact) mass is 332 g/mol. The molecule has 2 nitrogen and oxygen atoms in total. The van der Waals surface area contributed by atoms with E-state index in [0.717, 1.165) is 28.7 Å². The lowest BCUT2D eigenvalue weighted by Crippen LogP contribution is -2.13. The largest absolute Gasteiger partial charge is 0.493 e. The number of methoxy groups -OCH3 is 2. The molecule has 0 aliphatic heterocycles. The smallest absolute Gasteiger partial charge is 0.162 e. The van der Waals surface area contributed by atoms with Crippen LogP contribution in [0.2, 0.25) is 5.02 Å². The van der Waals surface area contributed by atoms with Gasteiger partial charge in [-0.25, -0.2) is 0 Å². The van der Waals surface area contributed by atoms with Crippen LogP contribution in [0, 0.1) is 5.92 Å². The van der Waals surface area contributed by atoms with Crippen LogP contribution in [0.5, 0.6) is 11.5 Å². The van der Waals surface area contributed by atoms with E-state index >= 15 is 0 Å². The summed E-state index contributed by atoms with van der Waals surface area (Å²) in [4.78, 5) is 0.287. The van der Waals surface area contributed by atoms with Crippen molar-refractivity contribution in [1.29, 1.82) is 0 Å². The summed E-state index contributed by atoms with van der Waals surface area (Å²) in [6, 6.07) is 3.80. The summed E-state index contributed by atoms with van der Waals surface area (Å²) in [7, 11) is 3.26. The number of benzene rings is 1. The summed E-state index contributed by atoms with van der Waals surface area (Å²) in [5, 5.41) is 0.730. The normalized spacial score (nSPS) is 17.1. The third kappa shape index (κ3) is 2.94. The first-order chi connectivity index (χ1) is 8.65. The van der Waals surface area contributed by atoms with Crippen LogP contribution in [-0.2, 0) is 0 Å². The van der Waals surface area contributed by atoms with Crippen LogP contribution < -0.4 is 9.47 Å². The topological polar surface area (TPSA) is 18.5 Å². The van der Waals surface area contributed by atoms with Gasteiger partial charge < -0.3 is 9.47 Å². The van der Waals surface area contributed by atoms with E-state index in [-0.39, 0.29) is 4.83 Å². The maximum Gasteiger partial charge on any atom is 0.162 e. The van der Waals surface area contributed by atoms with E-state index in [1.54, 1.807) is 14.2 Å². The van der Waals surface area contributed by atoms with E-state index in [9.17, 15) is 0 Å². The zero-order valence-corrected chi connectivity index (χ0v) is 13.1. The summed E-state index contributed by atoms with van der Waals surface area (Å²) in [6.07, 6.45) is 5.18. The molecule has 0 heterocycles. The van der Waals surface area contributed by atoms with Crippen molar-refractivity contribution in [1.82, 2.24) is 0 Å². The van der Waals surface area contributed by atoms with Crippen LogP contribution in [0.1, 0.15) is 36.1 Å². The van der Waals surface area contributed by atoms with E-state index in [2.05, 4.69) is 15.9 Å². The van der Waals surface area contributed by atoms with Crippen LogP contribution in [0.3, 0.4) is 0 Å². The Bertz CT molecular complexity index is 419. The van der Waals surface area contributed by atoms with Crippen molar-refractivity contribution in [3.63, 3.8) is 0 Å². The van der Waals surface area contributed by atoms with Gasteiger partial charge in [-0.3, -0.25) is 0 Å². The molecule has 4 heteroatoms. The highest BCUT2D eigenvalue weighted by molar-refractivity contribution is 9.09. The molecular weight excluding hydrogens is 316 g/mol. The van der Waals surface area contributed by atoms with Gasteiger partial charge in [-0.15, -0.1) is 0 Å². The molecule has 18 heavy (non-hydrogen) atoms. The van der Waals surface area contributed by atoms with Gasteiger partial charge in [0.1, 0.15) is 0 Å². The van der Waals surface area contributed by atoms with E-state index in [1.807, 2.05) is 12.1 Å². The molecule has 2 rings (SSSR count). The van der Waals surface area contributed by atoms with Gasteiger partial charge in [0.15, 0.2) is 11.5 Å². The van der Waals surface area contributed by atoms with E-state index in [0.29, 0.717) is 5.75 Å². The second-order valence-corrected chi connectivity index (χ2v) is 6.24. The highest BCUT2D eigenvalue weighted by Crippen LogP contribution is 2.43. The molecule has 1 aliphatic carbocycles. The van der Waals surface area contributed by atoms with E-state index in [1.165, 1.54) is 19.3 Å². The van der Waals surface area contributed by atoms with E-state index in [4.69, 9.17) is 21.1 Å². The SMILES string of the molecule is COc1cc(Cl)c(C(Br)CC2CCC2)cc1OC. The van der Waals surface area contributed by atoms with Crippen LogP contribution in [0.15, 0.2) is 12.1 Å². The zero-order valence-electron chi connectivity index (χ0n) is 10.7. The summed E-state index contributed by atoms with van der Waals surface area (Å²) in [5.74, 6) is 2.24. The molecule has 1 saturated carbocycles. The van der Waals surface area contributed by atoms with Crippen LogP contribution >= 0.6 is 27.5 Å². The lowest BCUT2D eigenvalue weighted by molar-refractivity contribution is 0.295. The van der Waals surface area contributed by atoms with Crippen LogP contribution in [-0.4, -0.2) is 14.2 Å². The van der Waals surface area contributed by atoms with Crippen molar-refractivity contribution in [2.75, 3.05) is 14.2 Å². The molecule has 100 valence electrons. The number of hydrogen-bond acceptors (Lipinski definition) is 2. The molecule has 0 radical (unpaired) electrons. The van der Waals surface area contributed by atoms with Gasteiger partial charge in [-0.2, -0.15) is 0 Å². The van der Waals surface area contributed by atoms with Gasteiger partial charge in [0.2, 0.25) is 0 Å². The Labute approximate surface area is 122 Å². The molecule has 1 aromatic carbocycles. The first-order valence-corrected chi connectivity index (χ1v) is 7.50. The average molecular weight is 334 g/mol. The van der Waals surface area contributed by atoms with Crippen molar-refractivity contribution >= 4 is 27.5 Å². The highest BCUT2D eigenvalue weighted by Gasteiger charge is 2.23. The number of alkyl halides is 1. The third-order valence-corrected chi connectivity index (χ3v) is 4.80. The maximum atomic E-state index is 6.31. The molecule has 1 aliphatic rings. The quantitative estimate of drug-likeness (QED) is 0.707. The Kier molecular flexibility index (Phi) is 4.79. The van der Waals surface area contributed by atoms with Crippen molar-refractivity contribution < 1.29 is 9.47 Å². The standard InChI is InChI=1S/C14H18BrClO2/c1-17-13-7-10(12(16)8-14(13)18-2)11(15)6-9-4-3-5-9/h7-9,11H,3-6H2,1-2H3. The van der Waals surface area contributed by atoms with Crippen molar-refractivity contribution in [2.45, 2.75) is 30.5 Å². The molecule has 0 amide bonds. The Morgan fingerprint density at radius 2 is 1.89 bits per heavy atom. The third-order valence-electron chi connectivity index (χ3n) is 3.61. The molecule has 1 unspecified atom stereocenters. The van der Waals surface area contributed by atoms with E-state index < -0.39 is 0 Å². The predicted octanol–water partition coefficient (Wildman–Crippen LogP) is 4.98. The number of rotatable bonds is 5. The van der Waals surface area contributed by atoms with Crippen molar-refractivity contribution in [3.05, 3.63) is 22.7 Å². The van der Waals surface area contributed by atoms with Gasteiger partial charge in [0, 0.05) is 15.9 Å². The van der Waals surface area contributed by atoms with Gasteiger partial charge in [0.05, 0.1) is 14.2 Å². The Balaban J connectivity index is 2.20. The fourth-order valence-electron chi connectivity index (χ4n) is 2.26. The minimum Gasteiger partial charge on any atom is -0.493 e. The molecule has 0 saturated heterocycles. The predicted molar refractivity (Wildman–Crippen MR) is 78.2 cm³/mol. The zero-order chi connectivity index (χ0) is 13.1. The van der Waals surface area contributed by atoms with Gasteiger partial charge in [-0.05, 0) is 24.0 Å². The average Bonchev–Trinajstić information content (AvgIpc) is 2.33. The molecule has 0 spiro atoms. The fraction of sp³-hybridized carbons (Fsp3) is 0.571. The molecule has 0 bridgehead atoms. The van der Waals surface area contributed by atoms with Crippen molar-refractivity contribution in [2.24, 2.45) is 5.92 Å². The molecule has 0 N–H and O–H groups in total. The fourth-order valence-corrected chi connectivity index (χ4v) is 3.58. The summed E-state index contributed by atoms with van der Waals surface area (Å²) >= 11 is 10.1. The summed E-state index contributed by atoms with van der Waals surface area (Å²) < 4.78 is 10.6. The molecule has 0 aromatic heterocycles. The lowest BCUT2D eigenvalue weighted by atomic mass is 9.81. The minimum atomic E-state index is 0.287. The van der Waals surface area contributed by atoms with Gasteiger partial charge >= 0.3 is 0 Å². The first kappa shape index (κ1) is 14.0. The first-order valence-electron chi connectivity index (χ1n) is 6.21. The molecule has 1 aromatic rings. The molecule has 1 atom stereocenters. The summed E-state index contributed by atoms with van der Waals surface area (Å²) in [6.45, 7) is 0. The van der Waals surface area contributed by atoms with Crippen LogP contribution in [0.25, 0.3) is 0 Å². The Morgan fingerprint density at radius 3 is 2.39 bits per heavy atom. The van der Waals surface area contributed by atoms with Crippen LogP contribution in [0.4, 0.5) is 0 Å². The number of hydrogen-bond donors (Lipinski definition) is 0. The lowest BCUT2D eigenvalue weighted by Gasteiger charge is -2.28. The molecule has 1 fully saturated rings. The van der Waals surface area contributed by atoms with Gasteiger partial charge in [0.25, 0.3) is 0 Å². The Hall–Kier alpha value is -0.410. The Morgan fingerprint density at radius 1 is 1.28 bits per heavy atom. The number of halogens is 2. The minimum absolute atomic E-state index is 0.287. The second kappa shape index (κ2) is 6.16.